The van der Waals surface area contributed by atoms with E-state index in [-0.39, 0.29) is 0 Å². The van der Waals surface area contributed by atoms with Crippen LogP contribution in [0.1, 0.15) is 0 Å². The van der Waals surface area contributed by atoms with Crippen molar-refractivity contribution in [1.82, 2.24) is 0 Å². The van der Waals surface area contributed by atoms with Gasteiger partial charge in [0.2, 0.25) is 5.78 Å². The van der Waals surface area contributed by atoms with Crippen molar-refractivity contribution in [3.8, 4) is 0 Å². The van der Waals surface area contributed by atoms with Crippen molar-refractivity contribution in [2.75, 3.05) is 6.61 Å². The summed E-state index contributed by atoms with van der Waals surface area (Å²) in [6, 6.07) is 0. The lowest BCUT2D eigenvalue weighted by molar-refractivity contribution is -0.300. The van der Waals surface area contributed by atoms with E-state index in [9.17, 15) is 19.3 Å². The van der Waals surface area contributed by atoms with Crippen LogP contribution in [0.5, 0.6) is 0 Å². The molecule has 0 aromatic heterocycles. The number of carbonyl (C=O) groups excluding carboxylic acids is 2. The molecule has 0 aliphatic rings. The van der Waals surface area contributed by atoms with Gasteiger partial charge in [0.05, 0.1) is 0 Å². The lowest BCUT2D eigenvalue weighted by atomic mass is 10.4. The first-order valence-corrected chi connectivity index (χ1v) is 3.80. The number of carbonyl (C=O) groups is 2. The summed E-state index contributed by atoms with van der Waals surface area (Å²) in [6.45, 7) is -1.19. The molecule has 0 bridgehead atoms. The third-order valence-electron chi connectivity index (χ3n) is 0.591. The monoisotopic (exact) mass is 183 g/mol. The van der Waals surface area contributed by atoms with Crippen molar-refractivity contribution in [3.63, 3.8) is 0 Å². The quantitative estimate of drug-likeness (QED) is 0.362. The van der Waals surface area contributed by atoms with Crippen LogP contribution in [-0.4, -0.2) is 28.1 Å². The van der Waals surface area contributed by atoms with Crippen molar-refractivity contribution in [1.29, 1.82) is 0 Å². The highest BCUT2D eigenvalue weighted by Crippen LogP contribution is 2.35. The molecule has 0 heterocycles. The van der Waals surface area contributed by atoms with Gasteiger partial charge in [0.15, 0.2) is 0 Å². The van der Waals surface area contributed by atoms with Crippen LogP contribution in [0, 0.1) is 0 Å². The molecular weight excluding hydrogens is 179 g/mol. The molecule has 0 spiro atoms. The molecule has 0 aromatic rings. The second kappa shape index (κ2) is 3.59. The van der Waals surface area contributed by atoms with Crippen molar-refractivity contribution in [2.24, 2.45) is 0 Å². The van der Waals surface area contributed by atoms with E-state index < -0.39 is 26.2 Å². The summed E-state index contributed by atoms with van der Waals surface area (Å²) in [4.78, 5) is 35.6. The highest BCUT2D eigenvalue weighted by atomic mass is 31.2. The zero-order valence-electron chi connectivity index (χ0n) is 5.09. The lowest BCUT2D eigenvalue weighted by Gasteiger charge is -2.03. The standard InChI is InChI=1S/C3H5O7P/c4-2(3(5)6)1-10-11(7,8)9/h1H2,(H,5,6)(H2,7,8,9)/p-1. The Labute approximate surface area is 60.8 Å². The Kier molecular flexibility index (Phi) is 3.34. The molecule has 0 aromatic carbocycles. The summed E-state index contributed by atoms with van der Waals surface area (Å²) in [7, 11) is -4.77. The number of hydrogen-bond acceptors (Lipinski definition) is 5. The molecule has 2 N–H and O–H groups in total. The number of aliphatic carboxylic acids is 1. The first-order valence-electron chi connectivity index (χ1n) is 2.27. The van der Waals surface area contributed by atoms with E-state index in [0.717, 1.165) is 0 Å². The first kappa shape index (κ1) is 10.2. The third-order valence-corrected chi connectivity index (χ3v) is 1.06. The fourth-order valence-corrected chi connectivity index (χ4v) is 0.487. The van der Waals surface area contributed by atoms with Gasteiger partial charge in [-0.25, -0.2) is 4.57 Å². The Morgan fingerprint density at radius 3 is 2.18 bits per heavy atom. The van der Waals surface area contributed by atoms with Gasteiger partial charge in [-0.2, -0.15) is 0 Å². The minimum Gasteiger partial charge on any atom is -0.542 e. The van der Waals surface area contributed by atoms with Crippen LogP contribution in [0.3, 0.4) is 0 Å². The highest BCUT2D eigenvalue weighted by molar-refractivity contribution is 7.46. The number of hydrogen-bond donors (Lipinski definition) is 2. The second-order valence-corrected chi connectivity index (χ2v) is 2.71. The average Bonchev–Trinajstić information content (AvgIpc) is 1.80. The van der Waals surface area contributed by atoms with Gasteiger partial charge in [-0.1, -0.05) is 0 Å². The van der Waals surface area contributed by atoms with Crippen LogP contribution in [0.25, 0.3) is 0 Å². The average molecular weight is 183 g/mol. The number of Topliss-reactive ketones (excluding diaryl/α,β-unsaturated/α-hetero) is 1. The first-order chi connectivity index (χ1) is 4.83. The minimum absolute atomic E-state index is 1.19. The normalized spacial score (nSPS) is 11.1. The number of phosphoric acid groups is 1. The van der Waals surface area contributed by atoms with E-state index in [1.54, 1.807) is 0 Å². The maximum absolute atomic E-state index is 10.1. The van der Waals surface area contributed by atoms with Gasteiger partial charge in [0, 0.05) is 0 Å². The molecule has 0 atom stereocenters. The second-order valence-electron chi connectivity index (χ2n) is 1.47. The van der Waals surface area contributed by atoms with Gasteiger partial charge in [0.1, 0.15) is 12.6 Å². The van der Waals surface area contributed by atoms with Crippen LogP contribution in [-0.2, 0) is 18.7 Å². The maximum atomic E-state index is 10.1. The Bertz CT molecular complexity index is 214. The topological polar surface area (TPSA) is 124 Å². The van der Waals surface area contributed by atoms with Crippen molar-refractivity contribution in [2.45, 2.75) is 0 Å². The Balaban J connectivity index is 3.82. The smallest absolute Gasteiger partial charge is 0.470 e. The summed E-state index contributed by atoms with van der Waals surface area (Å²) >= 11 is 0. The molecule has 64 valence electrons. The van der Waals surface area contributed by atoms with Crippen LogP contribution >= 0.6 is 7.82 Å². The number of rotatable bonds is 4. The van der Waals surface area contributed by atoms with Crippen LogP contribution in [0.4, 0.5) is 0 Å². The van der Waals surface area contributed by atoms with Crippen LogP contribution < -0.4 is 5.11 Å². The van der Waals surface area contributed by atoms with E-state index in [0.29, 0.717) is 0 Å². The molecule has 0 amide bonds. The van der Waals surface area contributed by atoms with Crippen molar-refractivity contribution >= 4 is 19.6 Å². The predicted molar refractivity (Wildman–Crippen MR) is 28.0 cm³/mol. The van der Waals surface area contributed by atoms with Gasteiger partial charge in [-0.3, -0.25) is 9.32 Å². The number of carboxylic acid groups (broad SMARTS) is 1. The summed E-state index contributed by atoms with van der Waals surface area (Å²) < 4.78 is 13.4. The van der Waals surface area contributed by atoms with E-state index >= 15 is 0 Å². The maximum Gasteiger partial charge on any atom is 0.470 e. The highest BCUT2D eigenvalue weighted by Gasteiger charge is 2.16. The third kappa shape index (κ3) is 5.68. The molecule has 0 saturated carbocycles. The molecule has 0 rings (SSSR count). The number of ketones is 1. The molecule has 0 aliphatic heterocycles. The van der Waals surface area contributed by atoms with Gasteiger partial charge in [-0.05, 0) is 0 Å². The van der Waals surface area contributed by atoms with Crippen LogP contribution in [0.2, 0.25) is 0 Å². The predicted octanol–water partition coefficient (Wildman–Crippen LogP) is -2.59. The van der Waals surface area contributed by atoms with Gasteiger partial charge in [-0.15, -0.1) is 0 Å². The van der Waals surface area contributed by atoms with Crippen LogP contribution in [0.15, 0.2) is 0 Å². The molecule has 8 heteroatoms. The van der Waals surface area contributed by atoms with Crippen molar-refractivity contribution < 1.29 is 33.6 Å². The molecular formula is C3H4O7P-. The molecule has 0 aliphatic carbocycles. The minimum atomic E-state index is -4.77. The number of phosphoric ester groups is 1. The van der Waals surface area contributed by atoms with E-state index in [2.05, 4.69) is 4.52 Å². The van der Waals surface area contributed by atoms with E-state index in [4.69, 9.17) is 9.79 Å². The molecule has 0 saturated heterocycles. The molecule has 11 heavy (non-hydrogen) atoms. The van der Waals surface area contributed by atoms with E-state index in [1.807, 2.05) is 0 Å². The summed E-state index contributed by atoms with van der Waals surface area (Å²) in [5.41, 5.74) is 0. The summed E-state index contributed by atoms with van der Waals surface area (Å²) in [6.07, 6.45) is 0. The largest absolute Gasteiger partial charge is 0.542 e. The molecule has 0 radical (unpaired) electrons. The van der Waals surface area contributed by atoms with Gasteiger partial charge in [0.25, 0.3) is 0 Å². The lowest BCUT2D eigenvalue weighted by Crippen LogP contribution is -2.34. The fourth-order valence-electron chi connectivity index (χ4n) is 0.202. The Hall–Kier alpha value is -0.750. The summed E-state index contributed by atoms with van der Waals surface area (Å²) in [5, 5.41) is 9.62. The number of carboxylic acids is 1. The van der Waals surface area contributed by atoms with Crippen molar-refractivity contribution in [3.05, 3.63) is 0 Å². The molecule has 0 fully saturated rings. The zero-order valence-corrected chi connectivity index (χ0v) is 5.98. The SMILES string of the molecule is O=C([O-])C(=O)COP(=O)(O)O. The molecule has 7 nitrogen and oxygen atoms in total. The Morgan fingerprint density at radius 2 is 1.91 bits per heavy atom. The van der Waals surface area contributed by atoms with Gasteiger partial charge >= 0.3 is 7.82 Å². The zero-order chi connectivity index (χ0) is 9.07. The summed E-state index contributed by atoms with van der Waals surface area (Å²) in [5.74, 6) is -3.56. The van der Waals surface area contributed by atoms with E-state index in [1.165, 1.54) is 0 Å². The van der Waals surface area contributed by atoms with Gasteiger partial charge < -0.3 is 19.7 Å². The Morgan fingerprint density at radius 1 is 1.45 bits per heavy atom. The fraction of sp³-hybridized carbons (Fsp3) is 0.333. The molecule has 0 unspecified atom stereocenters.